The molecule has 0 bridgehead atoms. The molecule has 0 amide bonds. The van der Waals surface area contributed by atoms with E-state index in [0.717, 1.165) is 5.69 Å². The molecule has 114 valence electrons. The molecule has 2 aromatic carbocycles. The van der Waals surface area contributed by atoms with Crippen LogP contribution in [0.5, 0.6) is 0 Å². The molecule has 0 radical (unpaired) electrons. The average molecular weight is 378 g/mol. The van der Waals surface area contributed by atoms with Crippen molar-refractivity contribution in [1.29, 1.82) is 0 Å². The third kappa shape index (κ3) is 2.60. The van der Waals surface area contributed by atoms with E-state index >= 15 is 0 Å². The summed E-state index contributed by atoms with van der Waals surface area (Å²) >= 11 is 0.111. The summed E-state index contributed by atoms with van der Waals surface area (Å²) in [5.74, 6) is 7.36. The maximum atomic E-state index is 4.54. The summed E-state index contributed by atoms with van der Waals surface area (Å²) in [6.07, 6.45) is 1.87. The number of nitrogens with zero attached hydrogens (tertiary/aromatic N) is 1. The van der Waals surface area contributed by atoms with E-state index in [0.29, 0.717) is 0 Å². The van der Waals surface area contributed by atoms with E-state index in [-0.39, 0.29) is 0 Å². The van der Waals surface area contributed by atoms with Gasteiger partial charge in [0, 0.05) is 0 Å². The fraction of sp³-hybridized carbons (Fsp3) is 0.150. The monoisotopic (exact) mass is 379 g/mol. The predicted molar refractivity (Wildman–Crippen MR) is 106 cm³/mol. The molecule has 0 spiro atoms. The Morgan fingerprint density at radius 3 is 2.48 bits per heavy atom. The summed E-state index contributed by atoms with van der Waals surface area (Å²) in [5.41, 5.74) is 2.29. The summed E-state index contributed by atoms with van der Waals surface area (Å²) in [5, 5.41) is 2.72. The Labute approximate surface area is 143 Å². The van der Waals surface area contributed by atoms with Crippen LogP contribution in [-0.2, 0) is 0 Å². The molecule has 0 saturated heterocycles. The van der Waals surface area contributed by atoms with Crippen LogP contribution in [0.15, 0.2) is 60.8 Å². The molecule has 2 heterocycles. The van der Waals surface area contributed by atoms with E-state index in [1.165, 1.54) is 25.7 Å². The molecule has 4 rings (SSSR count). The van der Waals surface area contributed by atoms with Crippen molar-refractivity contribution >= 4 is 49.2 Å². The standard InChI is InChI=1S/C20H19GeNS/c1-21(2,3)14-10-11-15-16-7-6-8-17(18-9-4-5-12-22-18)20(16)23-19(15)13-14/h4-13H,1-3H3. The fourth-order valence-corrected chi connectivity index (χ4v) is 6.91. The van der Waals surface area contributed by atoms with Gasteiger partial charge >= 0.3 is 143 Å². The van der Waals surface area contributed by atoms with Crippen LogP contribution in [0.25, 0.3) is 31.4 Å². The quantitative estimate of drug-likeness (QED) is 0.410. The van der Waals surface area contributed by atoms with Crippen molar-refractivity contribution in [1.82, 2.24) is 4.98 Å². The molecule has 1 nitrogen and oxygen atoms in total. The normalized spacial score (nSPS) is 12.1. The van der Waals surface area contributed by atoms with Gasteiger partial charge in [0.25, 0.3) is 0 Å². The van der Waals surface area contributed by atoms with E-state index in [1.54, 1.807) is 4.40 Å². The second-order valence-electron chi connectivity index (χ2n) is 6.96. The Balaban J connectivity index is 2.01. The van der Waals surface area contributed by atoms with Crippen LogP contribution in [0.1, 0.15) is 0 Å². The Morgan fingerprint density at radius 1 is 0.870 bits per heavy atom. The second kappa shape index (κ2) is 5.46. The fourth-order valence-electron chi connectivity index (χ4n) is 2.99. The number of benzene rings is 2. The zero-order valence-corrected chi connectivity index (χ0v) is 16.5. The summed E-state index contributed by atoms with van der Waals surface area (Å²) in [4.78, 5) is 4.54. The van der Waals surface area contributed by atoms with Gasteiger partial charge in [0.1, 0.15) is 0 Å². The van der Waals surface area contributed by atoms with Gasteiger partial charge in [0.2, 0.25) is 0 Å². The Bertz CT molecular complexity index is 997. The molecule has 0 N–H and O–H groups in total. The van der Waals surface area contributed by atoms with Crippen LogP contribution in [0.4, 0.5) is 0 Å². The zero-order chi connectivity index (χ0) is 16.0. The van der Waals surface area contributed by atoms with Crippen molar-refractivity contribution in [2.75, 3.05) is 0 Å². The third-order valence-electron chi connectivity index (χ3n) is 4.31. The molecule has 0 saturated carbocycles. The molecule has 0 aliphatic rings. The van der Waals surface area contributed by atoms with Crippen molar-refractivity contribution in [3.8, 4) is 11.3 Å². The molecular formula is C20H19GeNS. The second-order valence-corrected chi connectivity index (χ2v) is 18.7. The first-order chi connectivity index (χ1) is 11.0. The maximum absolute atomic E-state index is 4.54. The van der Waals surface area contributed by atoms with Gasteiger partial charge in [-0.15, -0.1) is 0 Å². The van der Waals surface area contributed by atoms with Gasteiger partial charge in [-0.3, -0.25) is 0 Å². The molecule has 0 fully saturated rings. The molecule has 0 aliphatic carbocycles. The van der Waals surface area contributed by atoms with Crippen LogP contribution in [0, 0.1) is 0 Å². The molecule has 4 aromatic rings. The number of thiophene rings is 1. The number of hydrogen-bond acceptors (Lipinski definition) is 2. The first kappa shape index (κ1) is 14.9. The van der Waals surface area contributed by atoms with E-state index in [4.69, 9.17) is 0 Å². The first-order valence-corrected chi connectivity index (χ1v) is 16.1. The minimum atomic E-state index is -1.79. The van der Waals surface area contributed by atoms with Gasteiger partial charge < -0.3 is 0 Å². The van der Waals surface area contributed by atoms with Crippen LogP contribution in [0.2, 0.25) is 17.3 Å². The molecule has 3 heteroatoms. The molecule has 0 aliphatic heterocycles. The van der Waals surface area contributed by atoms with Crippen molar-refractivity contribution < 1.29 is 0 Å². The molecule has 0 atom stereocenters. The van der Waals surface area contributed by atoms with Crippen LogP contribution in [0.3, 0.4) is 0 Å². The molecular weight excluding hydrogens is 359 g/mol. The summed E-state index contributed by atoms with van der Waals surface area (Å²) in [6, 6.07) is 19.8. The van der Waals surface area contributed by atoms with Crippen LogP contribution >= 0.6 is 11.3 Å². The third-order valence-corrected chi connectivity index (χ3v) is 9.79. The Morgan fingerprint density at radius 2 is 1.74 bits per heavy atom. The number of fused-ring (bicyclic) bond motifs is 3. The number of pyridine rings is 1. The van der Waals surface area contributed by atoms with Gasteiger partial charge in [0.05, 0.1) is 0 Å². The average Bonchev–Trinajstić information content (AvgIpc) is 2.92. The van der Waals surface area contributed by atoms with Crippen molar-refractivity contribution in [2.24, 2.45) is 0 Å². The van der Waals surface area contributed by atoms with Crippen molar-refractivity contribution in [3.05, 3.63) is 60.8 Å². The van der Waals surface area contributed by atoms with Crippen LogP contribution in [-0.4, -0.2) is 18.3 Å². The van der Waals surface area contributed by atoms with Gasteiger partial charge in [-0.05, 0) is 0 Å². The Kier molecular flexibility index (Phi) is 3.54. The molecule has 2 aromatic heterocycles. The van der Waals surface area contributed by atoms with Gasteiger partial charge in [-0.2, -0.15) is 0 Å². The molecule has 23 heavy (non-hydrogen) atoms. The topological polar surface area (TPSA) is 12.9 Å². The van der Waals surface area contributed by atoms with Gasteiger partial charge in [0.15, 0.2) is 0 Å². The summed E-state index contributed by atoms with van der Waals surface area (Å²) < 4.78 is 4.32. The summed E-state index contributed by atoms with van der Waals surface area (Å²) in [6.45, 7) is 0. The van der Waals surface area contributed by atoms with E-state index in [2.05, 4.69) is 70.8 Å². The van der Waals surface area contributed by atoms with E-state index in [9.17, 15) is 0 Å². The number of hydrogen-bond donors (Lipinski definition) is 0. The van der Waals surface area contributed by atoms with Gasteiger partial charge in [-0.25, -0.2) is 0 Å². The minimum absolute atomic E-state index is 1.05. The van der Waals surface area contributed by atoms with Crippen molar-refractivity contribution in [3.63, 3.8) is 0 Å². The summed E-state index contributed by atoms with van der Waals surface area (Å²) in [7, 11) is 0. The molecule has 0 unspecified atom stereocenters. The SMILES string of the molecule is [CH3][Ge]([CH3])([CH3])[c]1ccc2c(c1)sc1c(-c3ccccn3)cccc12. The number of rotatable bonds is 2. The predicted octanol–water partition coefficient (Wildman–Crippen LogP) is 5.66. The van der Waals surface area contributed by atoms with E-state index in [1.807, 2.05) is 23.6 Å². The zero-order valence-electron chi connectivity index (χ0n) is 13.6. The van der Waals surface area contributed by atoms with Gasteiger partial charge in [-0.1, -0.05) is 0 Å². The van der Waals surface area contributed by atoms with Crippen molar-refractivity contribution in [2.45, 2.75) is 17.3 Å². The van der Waals surface area contributed by atoms with Crippen LogP contribution < -0.4 is 4.40 Å². The van der Waals surface area contributed by atoms with E-state index < -0.39 is 13.3 Å². The first-order valence-electron chi connectivity index (χ1n) is 7.91. The Hall–Kier alpha value is -1.65. The number of aromatic nitrogens is 1.